The van der Waals surface area contributed by atoms with Gasteiger partial charge >= 0.3 is 5.97 Å². The van der Waals surface area contributed by atoms with Crippen molar-refractivity contribution < 1.29 is 9.53 Å². The Labute approximate surface area is 115 Å². The molecule has 0 amide bonds. The molecule has 94 valence electrons. The third-order valence-corrected chi connectivity index (χ3v) is 3.19. The van der Waals surface area contributed by atoms with Gasteiger partial charge in [0.25, 0.3) is 0 Å². The minimum atomic E-state index is -0.525. The van der Waals surface area contributed by atoms with E-state index in [1.807, 2.05) is 20.8 Å². The minimum Gasteiger partial charge on any atom is -0.463 e. The Morgan fingerprint density at radius 1 is 1.35 bits per heavy atom. The normalized spacial score (nSPS) is 11.2. The SMILES string of the molecule is CNc1nc(C(=O)OC)nc(C(C)(C)C)c1I. The van der Waals surface area contributed by atoms with E-state index in [9.17, 15) is 4.79 Å². The summed E-state index contributed by atoms with van der Waals surface area (Å²) in [4.78, 5) is 19.9. The lowest BCUT2D eigenvalue weighted by Crippen LogP contribution is -2.21. The first-order valence-corrected chi connectivity index (χ1v) is 6.23. The molecular formula is C11H16IN3O2. The second-order valence-electron chi connectivity index (χ2n) is 4.55. The number of ether oxygens (including phenoxy) is 1. The summed E-state index contributed by atoms with van der Waals surface area (Å²) in [7, 11) is 3.08. The van der Waals surface area contributed by atoms with Crippen LogP contribution < -0.4 is 5.32 Å². The summed E-state index contributed by atoms with van der Waals surface area (Å²) in [5, 5.41) is 2.96. The highest BCUT2D eigenvalue weighted by Crippen LogP contribution is 2.29. The summed E-state index contributed by atoms with van der Waals surface area (Å²) >= 11 is 2.18. The fourth-order valence-electron chi connectivity index (χ4n) is 1.29. The zero-order valence-electron chi connectivity index (χ0n) is 10.6. The molecule has 0 aliphatic heterocycles. The molecule has 0 unspecified atom stereocenters. The van der Waals surface area contributed by atoms with Crippen molar-refractivity contribution in [2.24, 2.45) is 0 Å². The van der Waals surface area contributed by atoms with Gasteiger partial charge in [-0.25, -0.2) is 14.8 Å². The highest BCUT2D eigenvalue weighted by atomic mass is 127. The fourth-order valence-corrected chi connectivity index (χ4v) is 2.61. The van der Waals surface area contributed by atoms with E-state index in [1.165, 1.54) is 7.11 Å². The molecule has 0 fully saturated rings. The van der Waals surface area contributed by atoms with E-state index in [4.69, 9.17) is 0 Å². The van der Waals surface area contributed by atoms with E-state index >= 15 is 0 Å². The van der Waals surface area contributed by atoms with E-state index in [0.29, 0.717) is 5.82 Å². The average molecular weight is 349 g/mol. The largest absolute Gasteiger partial charge is 0.463 e. The number of nitrogens with one attached hydrogen (secondary N) is 1. The van der Waals surface area contributed by atoms with Crippen molar-refractivity contribution >= 4 is 34.4 Å². The van der Waals surface area contributed by atoms with E-state index in [-0.39, 0.29) is 11.2 Å². The predicted molar refractivity (Wildman–Crippen MR) is 74.3 cm³/mol. The van der Waals surface area contributed by atoms with Crippen LogP contribution in [0.4, 0.5) is 5.82 Å². The standard InChI is InChI=1S/C11H16IN3O2/c1-11(2,3)7-6(12)8(13-4)15-9(14-7)10(16)17-5/h1-5H3,(H,13,14,15). The first-order valence-electron chi connectivity index (χ1n) is 5.15. The Hall–Kier alpha value is -0.920. The Morgan fingerprint density at radius 2 is 1.94 bits per heavy atom. The van der Waals surface area contributed by atoms with Gasteiger partial charge in [-0.2, -0.15) is 0 Å². The molecule has 1 heterocycles. The summed E-state index contributed by atoms with van der Waals surface area (Å²) in [6.07, 6.45) is 0. The van der Waals surface area contributed by atoms with E-state index in [2.05, 4.69) is 42.6 Å². The molecule has 0 aliphatic rings. The number of hydrogen-bond donors (Lipinski definition) is 1. The van der Waals surface area contributed by atoms with Crippen LogP contribution in [0.1, 0.15) is 37.1 Å². The lowest BCUT2D eigenvalue weighted by atomic mass is 9.92. The zero-order valence-corrected chi connectivity index (χ0v) is 12.7. The lowest BCUT2D eigenvalue weighted by Gasteiger charge is -2.21. The van der Waals surface area contributed by atoms with Crippen LogP contribution >= 0.6 is 22.6 Å². The minimum absolute atomic E-state index is 0.0854. The first kappa shape index (κ1) is 14.1. The van der Waals surface area contributed by atoms with Crippen LogP contribution in [0, 0.1) is 3.57 Å². The molecule has 1 aromatic rings. The summed E-state index contributed by atoms with van der Waals surface area (Å²) in [6, 6.07) is 0. The summed E-state index contributed by atoms with van der Waals surface area (Å²) < 4.78 is 5.57. The molecule has 0 saturated heterocycles. The molecule has 0 aromatic carbocycles. The Kier molecular flexibility index (Phi) is 4.29. The van der Waals surface area contributed by atoms with E-state index in [0.717, 1.165) is 9.26 Å². The Bertz CT molecular complexity index is 441. The number of nitrogens with zero attached hydrogens (tertiary/aromatic N) is 2. The molecule has 1 rings (SSSR count). The molecule has 0 bridgehead atoms. The molecule has 0 aliphatic carbocycles. The molecule has 5 nitrogen and oxygen atoms in total. The van der Waals surface area contributed by atoms with Gasteiger partial charge in [0.15, 0.2) is 0 Å². The molecule has 0 radical (unpaired) electrons. The maximum Gasteiger partial charge on any atom is 0.376 e. The topological polar surface area (TPSA) is 64.1 Å². The number of esters is 1. The number of rotatable bonds is 2. The number of carbonyl (C=O) groups excluding carboxylic acids is 1. The van der Waals surface area contributed by atoms with Gasteiger partial charge < -0.3 is 10.1 Å². The van der Waals surface area contributed by atoms with Crippen molar-refractivity contribution in [2.45, 2.75) is 26.2 Å². The van der Waals surface area contributed by atoms with Crippen LogP contribution in [0.2, 0.25) is 0 Å². The van der Waals surface area contributed by atoms with Gasteiger partial charge in [0.2, 0.25) is 5.82 Å². The van der Waals surface area contributed by atoms with Gasteiger partial charge in [0.05, 0.1) is 16.4 Å². The van der Waals surface area contributed by atoms with Crippen LogP contribution in [-0.4, -0.2) is 30.1 Å². The van der Waals surface area contributed by atoms with Crippen LogP contribution in [0.3, 0.4) is 0 Å². The van der Waals surface area contributed by atoms with Crippen LogP contribution in [0.15, 0.2) is 0 Å². The zero-order chi connectivity index (χ0) is 13.2. The second-order valence-corrected chi connectivity index (χ2v) is 5.63. The third-order valence-electron chi connectivity index (χ3n) is 2.17. The highest BCUT2D eigenvalue weighted by molar-refractivity contribution is 14.1. The van der Waals surface area contributed by atoms with Crippen molar-refractivity contribution in [2.75, 3.05) is 19.5 Å². The molecule has 17 heavy (non-hydrogen) atoms. The summed E-state index contributed by atoms with van der Waals surface area (Å²) in [5.41, 5.74) is 0.672. The molecule has 6 heteroatoms. The summed E-state index contributed by atoms with van der Waals surface area (Å²) in [6.45, 7) is 6.12. The van der Waals surface area contributed by atoms with Crippen molar-refractivity contribution in [1.29, 1.82) is 0 Å². The highest BCUT2D eigenvalue weighted by Gasteiger charge is 2.24. The molecule has 0 spiro atoms. The predicted octanol–water partition coefficient (Wildman–Crippen LogP) is 2.21. The number of carbonyl (C=O) groups is 1. The molecule has 0 atom stereocenters. The lowest BCUT2D eigenvalue weighted by molar-refractivity contribution is 0.0586. The van der Waals surface area contributed by atoms with Gasteiger partial charge in [-0.15, -0.1) is 0 Å². The number of methoxy groups -OCH3 is 1. The van der Waals surface area contributed by atoms with Crippen LogP contribution in [-0.2, 0) is 10.2 Å². The monoisotopic (exact) mass is 349 g/mol. The molecule has 1 N–H and O–H groups in total. The van der Waals surface area contributed by atoms with Crippen molar-refractivity contribution in [3.63, 3.8) is 0 Å². The number of halogens is 1. The van der Waals surface area contributed by atoms with Crippen molar-refractivity contribution in [1.82, 2.24) is 9.97 Å². The van der Waals surface area contributed by atoms with Crippen LogP contribution in [0.25, 0.3) is 0 Å². The van der Waals surface area contributed by atoms with Gasteiger partial charge in [0, 0.05) is 12.5 Å². The Morgan fingerprint density at radius 3 is 2.35 bits per heavy atom. The second kappa shape index (κ2) is 5.16. The quantitative estimate of drug-likeness (QED) is 0.655. The molecule has 0 saturated carbocycles. The smallest absolute Gasteiger partial charge is 0.376 e. The average Bonchev–Trinajstić information content (AvgIpc) is 2.26. The third kappa shape index (κ3) is 3.05. The van der Waals surface area contributed by atoms with Gasteiger partial charge in [0.1, 0.15) is 5.82 Å². The van der Waals surface area contributed by atoms with Crippen molar-refractivity contribution in [3.8, 4) is 0 Å². The van der Waals surface area contributed by atoms with E-state index in [1.54, 1.807) is 7.05 Å². The number of aromatic nitrogens is 2. The Balaban J connectivity index is 3.44. The molecular weight excluding hydrogens is 333 g/mol. The number of anilines is 1. The maximum atomic E-state index is 11.5. The van der Waals surface area contributed by atoms with Gasteiger partial charge in [-0.3, -0.25) is 0 Å². The molecule has 1 aromatic heterocycles. The number of hydrogen-bond acceptors (Lipinski definition) is 5. The van der Waals surface area contributed by atoms with Gasteiger partial charge in [-0.1, -0.05) is 20.8 Å². The van der Waals surface area contributed by atoms with E-state index < -0.39 is 5.97 Å². The van der Waals surface area contributed by atoms with Gasteiger partial charge in [-0.05, 0) is 22.6 Å². The maximum absolute atomic E-state index is 11.5. The van der Waals surface area contributed by atoms with Crippen LogP contribution in [0.5, 0.6) is 0 Å². The summed E-state index contributed by atoms with van der Waals surface area (Å²) in [5.74, 6) is 0.205. The van der Waals surface area contributed by atoms with Crippen molar-refractivity contribution in [3.05, 3.63) is 15.1 Å². The fraction of sp³-hybridized carbons (Fsp3) is 0.545. The first-order chi connectivity index (χ1) is 7.81.